The molecule has 5 heteroatoms. The molecule has 3 nitrogen and oxygen atoms in total. The van der Waals surface area contributed by atoms with Crippen LogP contribution in [0.25, 0.3) is 0 Å². The van der Waals surface area contributed by atoms with Gasteiger partial charge in [-0.25, -0.2) is 0 Å². The van der Waals surface area contributed by atoms with Crippen LogP contribution in [0.2, 0.25) is 10.0 Å². The number of nitrogens with zero attached hydrogens (tertiary/aromatic N) is 2. The smallest absolute Gasteiger partial charge is 0.222 e. The van der Waals surface area contributed by atoms with Gasteiger partial charge in [-0.3, -0.25) is 4.79 Å². The maximum absolute atomic E-state index is 12.3. The zero-order valence-electron chi connectivity index (χ0n) is 14.2. The predicted molar refractivity (Wildman–Crippen MR) is 102 cm³/mol. The molecule has 0 unspecified atom stereocenters. The topological polar surface area (TPSA) is 23.6 Å². The van der Waals surface area contributed by atoms with E-state index in [1.807, 2.05) is 27.2 Å². The quantitative estimate of drug-likeness (QED) is 0.744. The molecule has 2 aromatic carbocycles. The molecule has 0 fully saturated rings. The second-order valence-electron chi connectivity index (χ2n) is 6.05. The Bertz CT molecular complexity index is 699. The fraction of sp³-hybridized carbons (Fsp3) is 0.316. The Balaban J connectivity index is 1.89. The van der Waals surface area contributed by atoms with Crippen molar-refractivity contribution in [2.45, 2.75) is 19.4 Å². The predicted octanol–water partition coefficient (Wildman–Crippen LogP) is 4.65. The van der Waals surface area contributed by atoms with Gasteiger partial charge in [-0.2, -0.15) is 0 Å². The maximum Gasteiger partial charge on any atom is 0.222 e. The summed E-state index contributed by atoms with van der Waals surface area (Å²) >= 11 is 12.0. The molecular formula is C19H22Cl2N2O. The number of aryl methyl sites for hydroxylation is 1. The van der Waals surface area contributed by atoms with Crippen LogP contribution >= 0.6 is 23.2 Å². The van der Waals surface area contributed by atoms with E-state index in [9.17, 15) is 4.79 Å². The van der Waals surface area contributed by atoms with E-state index in [1.54, 1.807) is 17.0 Å². The molecule has 1 amide bonds. The van der Waals surface area contributed by atoms with Crippen LogP contribution in [-0.4, -0.2) is 32.0 Å². The molecule has 0 aromatic heterocycles. The summed E-state index contributed by atoms with van der Waals surface area (Å²) in [6.07, 6.45) is 1.03. The van der Waals surface area contributed by atoms with E-state index in [4.69, 9.17) is 23.2 Å². The van der Waals surface area contributed by atoms with Crippen LogP contribution in [0.5, 0.6) is 0 Å². The molecule has 2 aromatic rings. The number of hydrogen-bond donors (Lipinski definition) is 0. The number of rotatable bonds is 6. The van der Waals surface area contributed by atoms with Crippen molar-refractivity contribution in [2.24, 2.45) is 0 Å². The molecule has 0 radical (unpaired) electrons. The highest BCUT2D eigenvalue weighted by atomic mass is 35.5. The van der Waals surface area contributed by atoms with Crippen molar-refractivity contribution in [1.29, 1.82) is 0 Å². The SMILES string of the molecule is CN(Cc1ccc(N(C)C)cc1)C(=O)CCc1ccc(Cl)cc1Cl. The van der Waals surface area contributed by atoms with Crippen LogP contribution in [0.15, 0.2) is 42.5 Å². The Kier molecular flexibility index (Phi) is 6.52. The zero-order valence-corrected chi connectivity index (χ0v) is 15.7. The molecule has 0 aliphatic carbocycles. The Hall–Kier alpha value is -1.71. The molecule has 0 saturated heterocycles. The summed E-state index contributed by atoms with van der Waals surface area (Å²) in [6, 6.07) is 13.6. The molecule has 24 heavy (non-hydrogen) atoms. The number of benzene rings is 2. The van der Waals surface area contributed by atoms with Gasteiger partial charge in [0.25, 0.3) is 0 Å². The van der Waals surface area contributed by atoms with Gasteiger partial charge in [-0.1, -0.05) is 41.4 Å². The molecule has 0 bridgehead atoms. The van der Waals surface area contributed by atoms with Crippen LogP contribution in [0.3, 0.4) is 0 Å². The minimum Gasteiger partial charge on any atom is -0.378 e. The first kappa shape index (κ1) is 18.6. The van der Waals surface area contributed by atoms with Crippen molar-refractivity contribution in [1.82, 2.24) is 4.90 Å². The maximum atomic E-state index is 12.3. The van der Waals surface area contributed by atoms with Gasteiger partial charge >= 0.3 is 0 Å². The second kappa shape index (κ2) is 8.41. The van der Waals surface area contributed by atoms with Crippen molar-refractivity contribution in [3.63, 3.8) is 0 Å². The van der Waals surface area contributed by atoms with Crippen molar-refractivity contribution in [3.05, 3.63) is 63.6 Å². The Morgan fingerprint density at radius 2 is 1.67 bits per heavy atom. The van der Waals surface area contributed by atoms with Crippen LogP contribution in [0.4, 0.5) is 5.69 Å². The van der Waals surface area contributed by atoms with E-state index in [0.29, 0.717) is 29.4 Å². The fourth-order valence-electron chi connectivity index (χ4n) is 2.42. The van der Waals surface area contributed by atoms with E-state index in [1.165, 1.54) is 0 Å². The van der Waals surface area contributed by atoms with Gasteiger partial charge in [-0.15, -0.1) is 0 Å². The van der Waals surface area contributed by atoms with Gasteiger partial charge in [0.05, 0.1) is 0 Å². The van der Waals surface area contributed by atoms with E-state index in [-0.39, 0.29) is 5.91 Å². The van der Waals surface area contributed by atoms with E-state index in [2.05, 4.69) is 29.2 Å². The highest BCUT2D eigenvalue weighted by molar-refractivity contribution is 6.35. The second-order valence-corrected chi connectivity index (χ2v) is 6.89. The van der Waals surface area contributed by atoms with Gasteiger partial charge in [-0.05, 0) is 41.8 Å². The van der Waals surface area contributed by atoms with Gasteiger partial charge in [0.1, 0.15) is 0 Å². The third kappa shape index (κ3) is 5.15. The molecule has 0 aliphatic heterocycles. The largest absolute Gasteiger partial charge is 0.378 e. The van der Waals surface area contributed by atoms with Gasteiger partial charge in [0.15, 0.2) is 0 Å². The van der Waals surface area contributed by atoms with Crippen molar-refractivity contribution < 1.29 is 4.79 Å². The number of hydrogen-bond acceptors (Lipinski definition) is 2. The first-order chi connectivity index (χ1) is 11.4. The zero-order chi connectivity index (χ0) is 17.7. The number of halogens is 2. The minimum atomic E-state index is 0.0951. The van der Waals surface area contributed by atoms with E-state index in [0.717, 1.165) is 16.8 Å². The first-order valence-electron chi connectivity index (χ1n) is 7.81. The highest BCUT2D eigenvalue weighted by Crippen LogP contribution is 2.22. The summed E-state index contributed by atoms with van der Waals surface area (Å²) in [5.41, 5.74) is 3.20. The van der Waals surface area contributed by atoms with Crippen LogP contribution in [0, 0.1) is 0 Å². The molecule has 0 N–H and O–H groups in total. The monoisotopic (exact) mass is 364 g/mol. The lowest BCUT2D eigenvalue weighted by molar-refractivity contribution is -0.130. The molecule has 0 spiro atoms. The lowest BCUT2D eigenvalue weighted by Crippen LogP contribution is -2.26. The third-order valence-electron chi connectivity index (χ3n) is 3.92. The number of carbonyl (C=O) groups is 1. The van der Waals surface area contributed by atoms with Crippen molar-refractivity contribution >= 4 is 34.8 Å². The lowest BCUT2D eigenvalue weighted by atomic mass is 10.1. The average molecular weight is 365 g/mol. The van der Waals surface area contributed by atoms with Gasteiger partial charge in [0.2, 0.25) is 5.91 Å². The normalized spacial score (nSPS) is 10.5. The Morgan fingerprint density at radius 1 is 1.00 bits per heavy atom. The number of amides is 1. The standard InChI is InChI=1S/C19H22Cl2N2O/c1-22(2)17-9-4-14(5-10-17)13-23(3)19(24)11-7-15-6-8-16(20)12-18(15)21/h4-6,8-10,12H,7,11,13H2,1-3H3. The fourth-order valence-corrected chi connectivity index (χ4v) is 2.92. The van der Waals surface area contributed by atoms with E-state index >= 15 is 0 Å². The summed E-state index contributed by atoms with van der Waals surface area (Å²) in [4.78, 5) is 16.1. The third-order valence-corrected chi connectivity index (χ3v) is 4.51. The van der Waals surface area contributed by atoms with Gasteiger partial charge in [0, 0.05) is 49.8 Å². The summed E-state index contributed by atoms with van der Waals surface area (Å²) in [5, 5.41) is 1.21. The molecule has 0 atom stereocenters. The molecule has 0 heterocycles. The Labute approximate surface area is 153 Å². The minimum absolute atomic E-state index is 0.0951. The lowest BCUT2D eigenvalue weighted by Gasteiger charge is -2.18. The summed E-state index contributed by atoms with van der Waals surface area (Å²) in [7, 11) is 5.84. The number of carbonyl (C=O) groups excluding carboxylic acids is 1. The summed E-state index contributed by atoms with van der Waals surface area (Å²) in [5.74, 6) is 0.0951. The van der Waals surface area contributed by atoms with Gasteiger partial charge < -0.3 is 9.80 Å². The van der Waals surface area contributed by atoms with Crippen molar-refractivity contribution in [3.8, 4) is 0 Å². The molecule has 128 valence electrons. The summed E-state index contributed by atoms with van der Waals surface area (Å²) < 4.78 is 0. The molecule has 2 rings (SSSR count). The van der Waals surface area contributed by atoms with Crippen LogP contribution in [0.1, 0.15) is 17.5 Å². The molecule has 0 saturated carbocycles. The van der Waals surface area contributed by atoms with Crippen LogP contribution < -0.4 is 4.90 Å². The average Bonchev–Trinajstić information content (AvgIpc) is 2.54. The highest BCUT2D eigenvalue weighted by Gasteiger charge is 2.11. The molecular weight excluding hydrogens is 343 g/mol. The Morgan fingerprint density at radius 3 is 2.25 bits per heavy atom. The van der Waals surface area contributed by atoms with E-state index < -0.39 is 0 Å². The summed E-state index contributed by atoms with van der Waals surface area (Å²) in [6.45, 7) is 0.598. The molecule has 0 aliphatic rings. The first-order valence-corrected chi connectivity index (χ1v) is 8.56. The van der Waals surface area contributed by atoms with Crippen LogP contribution in [-0.2, 0) is 17.8 Å². The number of anilines is 1. The van der Waals surface area contributed by atoms with Crippen molar-refractivity contribution in [2.75, 3.05) is 26.0 Å².